The predicted octanol–water partition coefficient (Wildman–Crippen LogP) is 3.29. The summed E-state index contributed by atoms with van der Waals surface area (Å²) in [4.78, 5) is 40.0. The fourth-order valence-electron chi connectivity index (χ4n) is 3.97. The lowest BCUT2D eigenvalue weighted by molar-refractivity contribution is -0.384. The van der Waals surface area contributed by atoms with Crippen LogP contribution < -0.4 is 4.74 Å². The highest BCUT2D eigenvalue weighted by Gasteiger charge is 2.46. The second-order valence-corrected chi connectivity index (χ2v) is 8.18. The lowest BCUT2D eigenvalue weighted by Gasteiger charge is -2.26. The first-order valence-corrected chi connectivity index (χ1v) is 10.5. The van der Waals surface area contributed by atoms with Crippen LogP contribution in [-0.2, 0) is 9.59 Å². The molecule has 0 unspecified atom stereocenters. The summed E-state index contributed by atoms with van der Waals surface area (Å²) < 4.78 is 5.21. The Hall–Kier alpha value is -3.72. The van der Waals surface area contributed by atoms with Crippen LogP contribution in [-0.4, -0.2) is 65.8 Å². The maximum Gasteiger partial charge on any atom is 0.295 e. The molecule has 1 aliphatic rings. The van der Waals surface area contributed by atoms with Gasteiger partial charge in [0.25, 0.3) is 17.4 Å². The van der Waals surface area contributed by atoms with Gasteiger partial charge in [0, 0.05) is 24.2 Å². The number of nitrogens with zero attached hydrogens (tertiary/aromatic N) is 3. The number of hydrogen-bond donors (Lipinski definition) is 1. The Morgan fingerprint density at radius 2 is 1.85 bits per heavy atom. The summed E-state index contributed by atoms with van der Waals surface area (Å²) in [5.74, 6) is -1.17. The lowest BCUT2D eigenvalue weighted by Crippen LogP contribution is -2.32. The summed E-state index contributed by atoms with van der Waals surface area (Å²) in [6.45, 7) is 2.77. The van der Waals surface area contributed by atoms with Crippen molar-refractivity contribution in [2.24, 2.45) is 0 Å². The number of methoxy groups -OCH3 is 1. The van der Waals surface area contributed by atoms with Crippen LogP contribution >= 0.6 is 0 Å². The van der Waals surface area contributed by atoms with Gasteiger partial charge in [-0.05, 0) is 75.4 Å². The number of aliphatic hydroxyl groups excluding tert-OH is 1. The molecule has 0 radical (unpaired) electrons. The first kappa shape index (κ1) is 23.9. The van der Waals surface area contributed by atoms with Crippen LogP contribution in [0.2, 0.25) is 0 Å². The molecule has 1 N–H and O–H groups in total. The standard InChI is InChI=1S/C24H27N3O6/c1-15-14-18(33-4)10-11-19(15)22(28)20-21(16-6-8-17(9-7-16)27(31)32)26(24(30)23(20)29)13-5-12-25(2)3/h6-11,14,21,28H,5,12-13H2,1-4H3/t21-/m1/s1. The Balaban J connectivity index is 2.12. The van der Waals surface area contributed by atoms with E-state index in [1.807, 2.05) is 19.0 Å². The van der Waals surface area contributed by atoms with Crippen LogP contribution in [0.15, 0.2) is 48.0 Å². The highest BCUT2D eigenvalue weighted by atomic mass is 16.6. The summed E-state index contributed by atoms with van der Waals surface area (Å²) in [7, 11) is 5.35. The van der Waals surface area contributed by atoms with Gasteiger partial charge < -0.3 is 19.6 Å². The summed E-state index contributed by atoms with van der Waals surface area (Å²) in [5.41, 5.74) is 1.46. The Bertz CT molecular complexity index is 1110. The van der Waals surface area contributed by atoms with E-state index in [1.54, 1.807) is 25.1 Å². The molecule has 0 bridgehead atoms. The predicted molar refractivity (Wildman–Crippen MR) is 123 cm³/mol. The van der Waals surface area contributed by atoms with E-state index in [4.69, 9.17) is 4.74 Å². The van der Waals surface area contributed by atoms with Crippen LogP contribution in [0.3, 0.4) is 0 Å². The molecule has 1 saturated heterocycles. The Labute approximate surface area is 192 Å². The number of rotatable bonds is 8. The number of nitro benzene ring substituents is 1. The van der Waals surface area contributed by atoms with E-state index in [1.165, 1.54) is 36.3 Å². The van der Waals surface area contributed by atoms with Crippen molar-refractivity contribution in [3.05, 3.63) is 74.8 Å². The number of benzene rings is 2. The SMILES string of the molecule is COc1ccc(C(O)=C2C(=O)C(=O)N(CCCN(C)C)[C@@H]2c2ccc([N+](=O)[O-])cc2)c(C)c1. The number of ketones is 1. The highest BCUT2D eigenvalue weighted by Crippen LogP contribution is 2.40. The van der Waals surface area contributed by atoms with E-state index < -0.39 is 22.7 Å². The normalized spacial score (nSPS) is 17.6. The molecule has 2 aromatic rings. The van der Waals surface area contributed by atoms with Gasteiger partial charge in [0.1, 0.15) is 11.5 Å². The minimum absolute atomic E-state index is 0.0352. The van der Waals surface area contributed by atoms with Crippen LogP contribution in [0.4, 0.5) is 5.69 Å². The lowest BCUT2D eigenvalue weighted by atomic mass is 9.93. The van der Waals surface area contributed by atoms with Crippen molar-refractivity contribution in [3.8, 4) is 5.75 Å². The molecule has 0 aromatic heterocycles. The molecule has 1 heterocycles. The number of non-ortho nitro benzene ring substituents is 1. The number of nitro groups is 1. The zero-order chi connectivity index (χ0) is 24.3. The molecular formula is C24H27N3O6. The molecule has 33 heavy (non-hydrogen) atoms. The van der Waals surface area contributed by atoms with Crippen LogP contribution in [0, 0.1) is 17.0 Å². The highest BCUT2D eigenvalue weighted by molar-refractivity contribution is 6.46. The van der Waals surface area contributed by atoms with Gasteiger partial charge in [-0.2, -0.15) is 0 Å². The van der Waals surface area contributed by atoms with Gasteiger partial charge >= 0.3 is 0 Å². The maximum absolute atomic E-state index is 13.1. The van der Waals surface area contributed by atoms with Gasteiger partial charge in [-0.1, -0.05) is 0 Å². The van der Waals surface area contributed by atoms with E-state index in [0.717, 1.165) is 0 Å². The Kier molecular flexibility index (Phi) is 7.13. The number of likely N-dealkylation sites (tertiary alicyclic amines) is 1. The molecule has 0 aliphatic carbocycles. The van der Waals surface area contributed by atoms with Crippen molar-refractivity contribution in [2.75, 3.05) is 34.3 Å². The monoisotopic (exact) mass is 453 g/mol. The number of Topliss-reactive ketones (excluding diaryl/α,β-unsaturated/α-hetero) is 1. The zero-order valence-electron chi connectivity index (χ0n) is 19.1. The maximum atomic E-state index is 13.1. The molecule has 3 rings (SSSR count). The van der Waals surface area contributed by atoms with E-state index in [0.29, 0.717) is 42.0 Å². The molecule has 1 fully saturated rings. The van der Waals surface area contributed by atoms with Crippen molar-refractivity contribution in [1.29, 1.82) is 0 Å². The number of aryl methyl sites for hydroxylation is 1. The van der Waals surface area contributed by atoms with Crippen molar-refractivity contribution >= 4 is 23.1 Å². The third kappa shape index (κ3) is 4.88. The summed E-state index contributed by atoms with van der Waals surface area (Å²) in [6, 6.07) is 9.86. The largest absolute Gasteiger partial charge is 0.507 e. The molecule has 1 atom stereocenters. The third-order valence-electron chi connectivity index (χ3n) is 5.65. The van der Waals surface area contributed by atoms with E-state index in [9.17, 15) is 24.8 Å². The molecule has 174 valence electrons. The number of carbonyl (C=O) groups excluding carboxylic acids is 2. The molecule has 1 amide bonds. The molecule has 0 saturated carbocycles. The molecule has 0 spiro atoms. The van der Waals surface area contributed by atoms with Gasteiger partial charge in [0.2, 0.25) is 0 Å². The van der Waals surface area contributed by atoms with Gasteiger partial charge in [-0.15, -0.1) is 0 Å². The summed E-state index contributed by atoms with van der Waals surface area (Å²) in [6.07, 6.45) is 0.616. The minimum Gasteiger partial charge on any atom is -0.507 e. The fourth-order valence-corrected chi connectivity index (χ4v) is 3.97. The van der Waals surface area contributed by atoms with E-state index in [-0.39, 0.29) is 17.0 Å². The quantitative estimate of drug-likeness (QED) is 0.215. The molecule has 2 aromatic carbocycles. The molecule has 1 aliphatic heterocycles. The van der Waals surface area contributed by atoms with Crippen molar-refractivity contribution in [3.63, 3.8) is 0 Å². The first-order chi connectivity index (χ1) is 15.6. The summed E-state index contributed by atoms with van der Waals surface area (Å²) >= 11 is 0. The van der Waals surface area contributed by atoms with Crippen molar-refractivity contribution in [1.82, 2.24) is 9.80 Å². The molecule has 9 heteroatoms. The Morgan fingerprint density at radius 1 is 1.18 bits per heavy atom. The Morgan fingerprint density at radius 3 is 2.39 bits per heavy atom. The second-order valence-electron chi connectivity index (χ2n) is 8.18. The topological polar surface area (TPSA) is 113 Å². The minimum atomic E-state index is -0.852. The van der Waals surface area contributed by atoms with E-state index in [2.05, 4.69) is 0 Å². The number of carbonyl (C=O) groups is 2. The number of amides is 1. The third-order valence-corrected chi connectivity index (χ3v) is 5.65. The van der Waals surface area contributed by atoms with Gasteiger partial charge in [0.05, 0.1) is 23.6 Å². The van der Waals surface area contributed by atoms with Gasteiger partial charge in [-0.3, -0.25) is 19.7 Å². The number of hydrogen-bond acceptors (Lipinski definition) is 7. The number of aliphatic hydroxyl groups is 1. The van der Waals surface area contributed by atoms with Gasteiger partial charge in [-0.25, -0.2) is 0 Å². The number of ether oxygens (including phenoxy) is 1. The van der Waals surface area contributed by atoms with E-state index >= 15 is 0 Å². The molecular weight excluding hydrogens is 426 g/mol. The zero-order valence-corrected chi connectivity index (χ0v) is 19.1. The van der Waals surface area contributed by atoms with Crippen molar-refractivity contribution < 1.29 is 24.4 Å². The van der Waals surface area contributed by atoms with Crippen LogP contribution in [0.5, 0.6) is 5.75 Å². The fraction of sp³-hybridized carbons (Fsp3) is 0.333. The average Bonchev–Trinajstić information content (AvgIpc) is 3.03. The molecule has 9 nitrogen and oxygen atoms in total. The van der Waals surface area contributed by atoms with Gasteiger partial charge in [0.15, 0.2) is 0 Å². The second kappa shape index (κ2) is 9.83. The van der Waals surface area contributed by atoms with Crippen LogP contribution in [0.25, 0.3) is 5.76 Å². The summed E-state index contributed by atoms with van der Waals surface area (Å²) in [5, 5.41) is 22.3. The van der Waals surface area contributed by atoms with Crippen molar-refractivity contribution in [2.45, 2.75) is 19.4 Å². The first-order valence-electron chi connectivity index (χ1n) is 10.5. The smallest absolute Gasteiger partial charge is 0.295 e. The van der Waals surface area contributed by atoms with Crippen LogP contribution in [0.1, 0.15) is 29.2 Å². The average molecular weight is 453 g/mol.